The summed E-state index contributed by atoms with van der Waals surface area (Å²) in [7, 11) is 0. The molecule has 1 heterocycles. The highest BCUT2D eigenvalue weighted by molar-refractivity contribution is 5.96. The van der Waals surface area contributed by atoms with Crippen molar-refractivity contribution < 1.29 is 5.21 Å². The number of pyridine rings is 1. The molecule has 0 spiro atoms. The van der Waals surface area contributed by atoms with Gasteiger partial charge in [0.05, 0.1) is 0 Å². The van der Waals surface area contributed by atoms with Crippen LogP contribution in [0.5, 0.6) is 0 Å². The highest BCUT2D eigenvalue weighted by atomic mass is 16.4. The lowest BCUT2D eigenvalue weighted by Crippen LogP contribution is -2.29. The summed E-state index contributed by atoms with van der Waals surface area (Å²) >= 11 is 0. The largest absolute Gasteiger partial charge is 0.409 e. The molecule has 1 unspecified atom stereocenters. The van der Waals surface area contributed by atoms with Crippen molar-refractivity contribution in [1.82, 2.24) is 10.3 Å². The van der Waals surface area contributed by atoms with Gasteiger partial charge in [0.2, 0.25) is 0 Å². The Morgan fingerprint density at radius 3 is 3.12 bits per heavy atom. The van der Waals surface area contributed by atoms with Crippen molar-refractivity contribution in [3.05, 3.63) is 29.6 Å². The average molecular weight is 234 g/mol. The topological polar surface area (TPSA) is 83.5 Å². The zero-order valence-electron chi connectivity index (χ0n) is 9.93. The van der Waals surface area contributed by atoms with Crippen LogP contribution < -0.4 is 11.1 Å². The van der Waals surface area contributed by atoms with E-state index in [0.717, 1.165) is 11.5 Å². The summed E-state index contributed by atoms with van der Waals surface area (Å²) in [6, 6.07) is 4.30. The molecule has 0 amide bonds. The van der Waals surface area contributed by atoms with E-state index in [2.05, 4.69) is 22.4 Å². The lowest BCUT2D eigenvalue weighted by Gasteiger charge is -2.14. The molecule has 0 aromatic carbocycles. The highest BCUT2D eigenvalue weighted by Gasteiger charge is 2.27. The molecule has 0 bridgehead atoms. The van der Waals surface area contributed by atoms with Crippen LogP contribution >= 0.6 is 0 Å². The van der Waals surface area contributed by atoms with Crippen LogP contribution in [0, 0.1) is 5.92 Å². The molecule has 1 aliphatic rings. The monoisotopic (exact) mass is 234 g/mol. The predicted molar refractivity (Wildman–Crippen MR) is 65.8 cm³/mol. The summed E-state index contributed by atoms with van der Waals surface area (Å²) in [5.74, 6) is 0.862. The molecule has 4 N–H and O–H groups in total. The summed E-state index contributed by atoms with van der Waals surface area (Å²) in [5, 5.41) is 15.1. The Balaban J connectivity index is 2.04. The molecule has 1 atom stereocenters. The number of hydrogen-bond acceptors (Lipinski definition) is 4. The third kappa shape index (κ3) is 2.94. The Bertz CT molecular complexity index is 415. The third-order valence-electron chi connectivity index (χ3n) is 3.19. The molecule has 5 heteroatoms. The molecule has 92 valence electrons. The van der Waals surface area contributed by atoms with E-state index in [1.54, 1.807) is 6.20 Å². The molecule has 1 aliphatic carbocycles. The molecule has 1 saturated carbocycles. The number of hydrogen-bond donors (Lipinski definition) is 3. The molecular formula is C12H18N4O. The van der Waals surface area contributed by atoms with Gasteiger partial charge in [-0.05, 0) is 37.3 Å². The Labute approximate surface area is 101 Å². The van der Waals surface area contributed by atoms with Gasteiger partial charge >= 0.3 is 0 Å². The summed E-state index contributed by atoms with van der Waals surface area (Å²) in [6.45, 7) is 2.88. The van der Waals surface area contributed by atoms with Crippen LogP contribution in [-0.2, 0) is 6.54 Å². The lowest BCUT2D eigenvalue weighted by molar-refractivity contribution is 0.318. The first-order valence-corrected chi connectivity index (χ1v) is 5.87. The Morgan fingerprint density at radius 2 is 2.47 bits per heavy atom. The second-order valence-electron chi connectivity index (χ2n) is 4.50. The second-order valence-corrected chi connectivity index (χ2v) is 4.50. The van der Waals surface area contributed by atoms with E-state index in [1.165, 1.54) is 12.8 Å². The maximum Gasteiger partial charge on any atom is 0.189 e. The Morgan fingerprint density at radius 1 is 1.71 bits per heavy atom. The van der Waals surface area contributed by atoms with Gasteiger partial charge in [0.25, 0.3) is 0 Å². The fraction of sp³-hybridized carbons (Fsp3) is 0.500. The first kappa shape index (κ1) is 11.9. The minimum Gasteiger partial charge on any atom is -0.409 e. The van der Waals surface area contributed by atoms with Gasteiger partial charge in [-0.15, -0.1) is 0 Å². The molecule has 1 aromatic rings. The van der Waals surface area contributed by atoms with Crippen molar-refractivity contribution >= 4 is 5.84 Å². The van der Waals surface area contributed by atoms with Crippen LogP contribution in [0.25, 0.3) is 0 Å². The SMILES string of the molecule is CC(NCc1cccnc1C(N)=NO)C1CC1. The third-order valence-corrected chi connectivity index (χ3v) is 3.19. The quantitative estimate of drug-likeness (QED) is 0.308. The minimum atomic E-state index is 0.0569. The molecule has 0 aliphatic heterocycles. The molecule has 0 saturated heterocycles. The van der Waals surface area contributed by atoms with Crippen molar-refractivity contribution in [3.63, 3.8) is 0 Å². The summed E-state index contributed by atoms with van der Waals surface area (Å²) in [6.07, 6.45) is 4.27. The van der Waals surface area contributed by atoms with Crippen LogP contribution in [-0.4, -0.2) is 22.1 Å². The van der Waals surface area contributed by atoms with E-state index in [-0.39, 0.29) is 5.84 Å². The summed E-state index contributed by atoms with van der Waals surface area (Å²) in [5.41, 5.74) is 7.08. The first-order valence-electron chi connectivity index (χ1n) is 5.87. The maximum absolute atomic E-state index is 8.69. The van der Waals surface area contributed by atoms with Crippen molar-refractivity contribution in [1.29, 1.82) is 0 Å². The number of aromatic nitrogens is 1. The van der Waals surface area contributed by atoms with Crippen molar-refractivity contribution in [2.45, 2.75) is 32.4 Å². The van der Waals surface area contributed by atoms with E-state index in [9.17, 15) is 0 Å². The Hall–Kier alpha value is -1.62. The zero-order valence-corrected chi connectivity index (χ0v) is 9.93. The van der Waals surface area contributed by atoms with Gasteiger partial charge in [-0.25, -0.2) is 0 Å². The summed E-state index contributed by atoms with van der Waals surface area (Å²) in [4.78, 5) is 4.13. The van der Waals surface area contributed by atoms with Crippen LogP contribution in [0.2, 0.25) is 0 Å². The van der Waals surface area contributed by atoms with Crippen LogP contribution in [0.3, 0.4) is 0 Å². The molecular weight excluding hydrogens is 216 g/mol. The second kappa shape index (κ2) is 5.14. The van der Waals surface area contributed by atoms with Gasteiger partial charge < -0.3 is 16.3 Å². The van der Waals surface area contributed by atoms with Gasteiger partial charge in [-0.2, -0.15) is 0 Å². The minimum absolute atomic E-state index is 0.0569. The van der Waals surface area contributed by atoms with Crippen LogP contribution in [0.4, 0.5) is 0 Å². The number of nitrogens with zero attached hydrogens (tertiary/aromatic N) is 2. The summed E-state index contributed by atoms with van der Waals surface area (Å²) < 4.78 is 0. The predicted octanol–water partition coefficient (Wildman–Crippen LogP) is 1.06. The average Bonchev–Trinajstić information content (AvgIpc) is 3.19. The number of nitrogens with one attached hydrogen (secondary N) is 1. The maximum atomic E-state index is 8.69. The van der Waals surface area contributed by atoms with Gasteiger partial charge in [-0.1, -0.05) is 11.2 Å². The smallest absolute Gasteiger partial charge is 0.189 e. The van der Waals surface area contributed by atoms with Crippen molar-refractivity contribution in [3.8, 4) is 0 Å². The number of amidine groups is 1. The first-order chi connectivity index (χ1) is 8.22. The highest BCUT2D eigenvalue weighted by Crippen LogP contribution is 2.32. The van der Waals surface area contributed by atoms with Crippen molar-refractivity contribution in [2.24, 2.45) is 16.8 Å². The van der Waals surface area contributed by atoms with Gasteiger partial charge in [0.1, 0.15) is 5.69 Å². The van der Waals surface area contributed by atoms with Gasteiger partial charge in [-0.3, -0.25) is 4.98 Å². The van der Waals surface area contributed by atoms with E-state index in [0.29, 0.717) is 18.3 Å². The number of rotatable bonds is 5. The van der Waals surface area contributed by atoms with Crippen molar-refractivity contribution in [2.75, 3.05) is 0 Å². The normalized spacial score (nSPS) is 18.1. The van der Waals surface area contributed by atoms with Crippen LogP contribution in [0.1, 0.15) is 31.0 Å². The van der Waals surface area contributed by atoms with Crippen LogP contribution in [0.15, 0.2) is 23.5 Å². The number of nitrogens with two attached hydrogens (primary N) is 1. The Kier molecular flexibility index (Phi) is 3.58. The molecule has 5 nitrogen and oxygen atoms in total. The van der Waals surface area contributed by atoms with Gasteiger partial charge in [0, 0.05) is 18.8 Å². The molecule has 1 aromatic heterocycles. The van der Waals surface area contributed by atoms with E-state index in [4.69, 9.17) is 10.9 Å². The van der Waals surface area contributed by atoms with Gasteiger partial charge in [0.15, 0.2) is 5.84 Å². The lowest BCUT2D eigenvalue weighted by atomic mass is 10.1. The van der Waals surface area contributed by atoms with E-state index >= 15 is 0 Å². The zero-order chi connectivity index (χ0) is 12.3. The molecule has 0 radical (unpaired) electrons. The molecule has 1 fully saturated rings. The van der Waals surface area contributed by atoms with E-state index in [1.807, 2.05) is 12.1 Å². The van der Waals surface area contributed by atoms with E-state index < -0.39 is 0 Å². The standard InChI is InChI=1S/C12H18N4O/c1-8(9-4-5-9)15-7-10-3-2-6-14-11(10)12(13)16-17/h2-3,6,8-9,15,17H,4-5,7H2,1H3,(H2,13,16). The number of oxime groups is 1. The molecule has 2 rings (SSSR count). The fourth-order valence-corrected chi connectivity index (χ4v) is 1.89. The molecule has 17 heavy (non-hydrogen) atoms. The fourth-order valence-electron chi connectivity index (χ4n) is 1.89.